The number of alkyl halides is 2. The smallest absolute Gasteiger partial charge is 0.387 e. The highest BCUT2D eigenvalue weighted by molar-refractivity contribution is 5.84. The molecule has 0 radical (unpaired) electrons. The van der Waals surface area contributed by atoms with E-state index in [0.29, 0.717) is 42.6 Å². The second-order valence-corrected chi connectivity index (χ2v) is 9.71. The standard InChI is InChI=1S/C32H35F3N2O2/c1-2-3-4-5-6-19-38-28-21-36-30(37-22-28)18-11-24-10-17-29-26(20-24)14-13-25(31(29)33)12-7-23-8-15-27(16-9-23)39-32(34)35/h8-10,13-17,20-22,32H,2-7,11-12,18-19H2,1H3. The van der Waals surface area contributed by atoms with E-state index in [1.165, 1.54) is 37.8 Å². The van der Waals surface area contributed by atoms with Crippen molar-refractivity contribution < 1.29 is 22.6 Å². The molecule has 4 nitrogen and oxygen atoms in total. The van der Waals surface area contributed by atoms with Crippen molar-refractivity contribution in [1.29, 1.82) is 0 Å². The number of aromatic nitrogens is 2. The van der Waals surface area contributed by atoms with Gasteiger partial charge in [0, 0.05) is 11.8 Å². The number of fused-ring (bicyclic) bond motifs is 1. The third kappa shape index (κ3) is 8.70. The lowest BCUT2D eigenvalue weighted by Crippen LogP contribution is -2.02. The zero-order valence-electron chi connectivity index (χ0n) is 22.3. The summed E-state index contributed by atoms with van der Waals surface area (Å²) in [4.78, 5) is 8.87. The van der Waals surface area contributed by atoms with Gasteiger partial charge in [-0.2, -0.15) is 8.78 Å². The molecule has 0 saturated carbocycles. The number of hydrogen-bond acceptors (Lipinski definition) is 4. The first kappa shape index (κ1) is 28.4. The first-order valence-corrected chi connectivity index (χ1v) is 13.7. The summed E-state index contributed by atoms with van der Waals surface area (Å²) < 4.78 is 50.0. The highest BCUT2D eigenvalue weighted by Crippen LogP contribution is 2.25. The van der Waals surface area contributed by atoms with E-state index in [2.05, 4.69) is 21.6 Å². The van der Waals surface area contributed by atoms with Crippen LogP contribution in [-0.4, -0.2) is 23.2 Å². The monoisotopic (exact) mass is 536 g/mol. The highest BCUT2D eigenvalue weighted by Gasteiger charge is 2.10. The number of rotatable bonds is 15. The van der Waals surface area contributed by atoms with Gasteiger partial charge in [0.25, 0.3) is 0 Å². The van der Waals surface area contributed by atoms with E-state index >= 15 is 4.39 Å². The highest BCUT2D eigenvalue weighted by atomic mass is 19.3. The average Bonchev–Trinajstić information content (AvgIpc) is 2.94. The minimum Gasteiger partial charge on any atom is -0.490 e. The van der Waals surface area contributed by atoms with E-state index in [-0.39, 0.29) is 11.6 Å². The number of halogens is 3. The summed E-state index contributed by atoms with van der Waals surface area (Å²) in [6, 6.07) is 16.0. The van der Waals surface area contributed by atoms with E-state index in [1.807, 2.05) is 30.3 Å². The Balaban J connectivity index is 1.28. The van der Waals surface area contributed by atoms with Gasteiger partial charge in [-0.25, -0.2) is 14.4 Å². The van der Waals surface area contributed by atoms with Gasteiger partial charge in [-0.3, -0.25) is 0 Å². The Bertz CT molecular complexity index is 1310. The molecular weight excluding hydrogens is 501 g/mol. The number of nitrogens with zero attached hydrogens (tertiary/aromatic N) is 2. The molecule has 1 aromatic heterocycles. The van der Waals surface area contributed by atoms with Crippen LogP contribution in [0.15, 0.2) is 67.0 Å². The third-order valence-electron chi connectivity index (χ3n) is 6.77. The Kier molecular flexibility index (Phi) is 10.6. The lowest BCUT2D eigenvalue weighted by molar-refractivity contribution is -0.0498. The van der Waals surface area contributed by atoms with Crippen molar-refractivity contribution in [2.75, 3.05) is 6.61 Å². The lowest BCUT2D eigenvalue weighted by atomic mass is 9.98. The largest absolute Gasteiger partial charge is 0.490 e. The molecule has 0 unspecified atom stereocenters. The van der Waals surface area contributed by atoms with Gasteiger partial charge in [0.2, 0.25) is 0 Å². The van der Waals surface area contributed by atoms with Crippen LogP contribution in [-0.2, 0) is 25.7 Å². The maximum absolute atomic E-state index is 15.2. The first-order valence-electron chi connectivity index (χ1n) is 13.7. The molecule has 0 fully saturated rings. The predicted octanol–water partition coefficient (Wildman–Crippen LogP) is 8.29. The van der Waals surface area contributed by atoms with Crippen LogP contribution in [0.5, 0.6) is 11.5 Å². The SMILES string of the molecule is CCCCCCCOc1cnc(CCc2ccc3c(F)c(CCc4ccc(OC(F)F)cc4)ccc3c2)nc1. The molecule has 4 rings (SSSR count). The van der Waals surface area contributed by atoms with E-state index in [0.717, 1.165) is 35.2 Å². The Morgan fingerprint density at radius 3 is 2.21 bits per heavy atom. The minimum atomic E-state index is -2.85. The van der Waals surface area contributed by atoms with E-state index < -0.39 is 6.61 Å². The topological polar surface area (TPSA) is 44.2 Å². The molecule has 3 aromatic carbocycles. The molecule has 0 aliphatic carbocycles. The predicted molar refractivity (Wildman–Crippen MR) is 148 cm³/mol. The summed E-state index contributed by atoms with van der Waals surface area (Å²) in [5.74, 6) is 1.34. The van der Waals surface area contributed by atoms with Crippen LogP contribution in [0.2, 0.25) is 0 Å². The Morgan fingerprint density at radius 1 is 0.744 bits per heavy atom. The zero-order chi connectivity index (χ0) is 27.5. The fourth-order valence-electron chi connectivity index (χ4n) is 4.55. The fraction of sp³-hybridized carbons (Fsp3) is 0.375. The van der Waals surface area contributed by atoms with Gasteiger partial charge in [-0.05, 0) is 59.9 Å². The van der Waals surface area contributed by atoms with Crippen LogP contribution in [0, 0.1) is 5.82 Å². The molecule has 0 amide bonds. The van der Waals surface area contributed by atoms with Gasteiger partial charge in [0.1, 0.15) is 17.4 Å². The summed E-state index contributed by atoms with van der Waals surface area (Å²) in [5.41, 5.74) is 2.65. The maximum Gasteiger partial charge on any atom is 0.387 e. The average molecular weight is 537 g/mol. The summed E-state index contributed by atoms with van der Waals surface area (Å²) in [5, 5.41) is 1.44. The second-order valence-electron chi connectivity index (χ2n) is 9.71. The van der Waals surface area contributed by atoms with Gasteiger partial charge >= 0.3 is 6.61 Å². The molecule has 206 valence electrons. The zero-order valence-corrected chi connectivity index (χ0v) is 22.3. The van der Waals surface area contributed by atoms with Crippen molar-refractivity contribution in [1.82, 2.24) is 9.97 Å². The molecule has 39 heavy (non-hydrogen) atoms. The number of ether oxygens (including phenoxy) is 2. The minimum absolute atomic E-state index is 0.113. The molecule has 0 aliphatic heterocycles. The van der Waals surface area contributed by atoms with Crippen molar-refractivity contribution in [3.05, 3.63) is 95.3 Å². The second kappa shape index (κ2) is 14.5. The first-order chi connectivity index (χ1) is 19.0. The Morgan fingerprint density at radius 2 is 1.46 bits per heavy atom. The van der Waals surface area contributed by atoms with Gasteiger partial charge < -0.3 is 9.47 Å². The number of benzene rings is 3. The van der Waals surface area contributed by atoms with E-state index in [4.69, 9.17) is 4.74 Å². The van der Waals surface area contributed by atoms with Crippen molar-refractivity contribution in [3.63, 3.8) is 0 Å². The van der Waals surface area contributed by atoms with Crippen molar-refractivity contribution >= 4 is 10.8 Å². The van der Waals surface area contributed by atoms with Crippen LogP contribution >= 0.6 is 0 Å². The summed E-state index contributed by atoms with van der Waals surface area (Å²) in [6.07, 6.45) is 12.0. The van der Waals surface area contributed by atoms with Gasteiger partial charge in [0.15, 0.2) is 5.75 Å². The Labute approximate surface area is 228 Å². The van der Waals surface area contributed by atoms with Gasteiger partial charge in [-0.15, -0.1) is 0 Å². The van der Waals surface area contributed by atoms with E-state index in [1.54, 1.807) is 24.5 Å². The molecule has 0 spiro atoms. The maximum atomic E-state index is 15.2. The van der Waals surface area contributed by atoms with E-state index in [9.17, 15) is 8.78 Å². The normalized spacial score (nSPS) is 11.3. The molecule has 0 aliphatic rings. The third-order valence-corrected chi connectivity index (χ3v) is 6.77. The number of hydrogen-bond donors (Lipinski definition) is 0. The van der Waals surface area contributed by atoms with Crippen molar-refractivity contribution in [2.24, 2.45) is 0 Å². The summed E-state index contributed by atoms with van der Waals surface area (Å²) in [7, 11) is 0. The number of unbranched alkanes of at least 4 members (excludes halogenated alkanes) is 4. The summed E-state index contributed by atoms with van der Waals surface area (Å²) in [6.45, 7) is 0.0450. The number of aryl methyl sites for hydroxylation is 4. The fourth-order valence-corrected chi connectivity index (χ4v) is 4.55. The van der Waals surface area contributed by atoms with Crippen LogP contribution in [0.25, 0.3) is 10.8 Å². The molecule has 0 bridgehead atoms. The molecule has 0 saturated heterocycles. The molecule has 0 N–H and O–H groups in total. The molecule has 1 heterocycles. The summed E-state index contributed by atoms with van der Waals surface area (Å²) >= 11 is 0. The van der Waals surface area contributed by atoms with Crippen LogP contribution in [0.4, 0.5) is 13.2 Å². The van der Waals surface area contributed by atoms with Crippen LogP contribution in [0.1, 0.15) is 61.5 Å². The van der Waals surface area contributed by atoms with Crippen molar-refractivity contribution in [2.45, 2.75) is 71.3 Å². The van der Waals surface area contributed by atoms with Crippen LogP contribution in [0.3, 0.4) is 0 Å². The Hall–Kier alpha value is -3.61. The van der Waals surface area contributed by atoms with Gasteiger partial charge in [0.05, 0.1) is 19.0 Å². The molecule has 7 heteroatoms. The van der Waals surface area contributed by atoms with Crippen LogP contribution < -0.4 is 9.47 Å². The molecule has 0 atom stereocenters. The van der Waals surface area contributed by atoms with Crippen molar-refractivity contribution in [3.8, 4) is 11.5 Å². The van der Waals surface area contributed by atoms with Gasteiger partial charge in [-0.1, -0.05) is 75.1 Å². The molecular formula is C32H35F3N2O2. The quantitative estimate of drug-likeness (QED) is 0.143. The molecule has 4 aromatic rings. The lowest BCUT2D eigenvalue weighted by Gasteiger charge is -2.10.